The Morgan fingerprint density at radius 1 is 1.53 bits per heavy atom. The molecule has 0 aliphatic carbocycles. The van der Waals surface area contributed by atoms with Crippen molar-refractivity contribution in [3.63, 3.8) is 0 Å². The Kier molecular flexibility index (Phi) is 5.27. The maximum Gasteiger partial charge on any atom is 0.129 e. The van der Waals surface area contributed by atoms with Gasteiger partial charge in [-0.15, -0.1) is 11.3 Å². The second-order valence-electron chi connectivity index (χ2n) is 3.92. The van der Waals surface area contributed by atoms with Gasteiger partial charge in [0.25, 0.3) is 0 Å². The standard InChI is InChI=1S/C13H14ClFN2OS/c1-18-6-4-16-12(13-17-5-7-19-13)10-3-2-9(14)8-11(10)15/h2-3,5,7-8,12,16H,4,6H2,1H3. The third kappa shape index (κ3) is 3.73. The predicted molar refractivity (Wildman–Crippen MR) is 75.2 cm³/mol. The topological polar surface area (TPSA) is 34.1 Å². The first-order valence-electron chi connectivity index (χ1n) is 5.79. The van der Waals surface area contributed by atoms with Gasteiger partial charge in [0.15, 0.2) is 0 Å². The molecule has 0 saturated carbocycles. The van der Waals surface area contributed by atoms with E-state index in [4.69, 9.17) is 16.3 Å². The first kappa shape index (κ1) is 14.4. The number of methoxy groups -OCH3 is 1. The van der Waals surface area contributed by atoms with E-state index in [-0.39, 0.29) is 11.9 Å². The minimum absolute atomic E-state index is 0.285. The number of rotatable bonds is 6. The zero-order chi connectivity index (χ0) is 13.7. The molecular weight excluding hydrogens is 287 g/mol. The highest BCUT2D eigenvalue weighted by Crippen LogP contribution is 2.27. The number of ether oxygens (including phenoxy) is 1. The molecule has 3 nitrogen and oxygen atoms in total. The van der Waals surface area contributed by atoms with E-state index in [0.29, 0.717) is 23.7 Å². The van der Waals surface area contributed by atoms with Crippen molar-refractivity contribution in [1.82, 2.24) is 10.3 Å². The number of aromatic nitrogens is 1. The molecule has 2 rings (SSSR count). The summed E-state index contributed by atoms with van der Waals surface area (Å²) in [6, 6.07) is 4.39. The molecule has 0 spiro atoms. The van der Waals surface area contributed by atoms with Gasteiger partial charge in [-0.25, -0.2) is 9.37 Å². The molecule has 0 fully saturated rings. The first-order valence-corrected chi connectivity index (χ1v) is 7.05. The SMILES string of the molecule is COCCNC(c1nccs1)c1ccc(Cl)cc1F. The average Bonchev–Trinajstić information content (AvgIpc) is 2.89. The van der Waals surface area contributed by atoms with Crippen LogP contribution in [0, 0.1) is 5.82 Å². The largest absolute Gasteiger partial charge is 0.383 e. The third-order valence-corrected chi connectivity index (χ3v) is 3.70. The van der Waals surface area contributed by atoms with E-state index in [1.54, 1.807) is 25.4 Å². The summed E-state index contributed by atoms with van der Waals surface area (Å²) in [5.74, 6) is -0.336. The van der Waals surface area contributed by atoms with Crippen molar-refractivity contribution in [2.75, 3.05) is 20.3 Å². The maximum absolute atomic E-state index is 14.0. The molecule has 0 bridgehead atoms. The summed E-state index contributed by atoms with van der Waals surface area (Å²) in [5.41, 5.74) is 0.537. The lowest BCUT2D eigenvalue weighted by molar-refractivity contribution is 0.197. The molecule has 1 heterocycles. The van der Waals surface area contributed by atoms with Crippen LogP contribution in [-0.2, 0) is 4.74 Å². The van der Waals surface area contributed by atoms with Crippen molar-refractivity contribution in [3.8, 4) is 0 Å². The second-order valence-corrected chi connectivity index (χ2v) is 5.28. The van der Waals surface area contributed by atoms with Crippen LogP contribution in [0.5, 0.6) is 0 Å². The zero-order valence-corrected chi connectivity index (χ0v) is 12.0. The van der Waals surface area contributed by atoms with Crippen LogP contribution in [0.2, 0.25) is 5.02 Å². The van der Waals surface area contributed by atoms with Gasteiger partial charge in [-0.1, -0.05) is 17.7 Å². The number of benzene rings is 1. The number of nitrogens with one attached hydrogen (secondary N) is 1. The molecule has 0 aliphatic rings. The van der Waals surface area contributed by atoms with Crippen molar-refractivity contribution in [2.45, 2.75) is 6.04 Å². The third-order valence-electron chi connectivity index (χ3n) is 2.63. The van der Waals surface area contributed by atoms with E-state index in [2.05, 4.69) is 10.3 Å². The normalized spacial score (nSPS) is 12.6. The fourth-order valence-electron chi connectivity index (χ4n) is 1.75. The Morgan fingerprint density at radius 2 is 2.37 bits per heavy atom. The minimum Gasteiger partial charge on any atom is -0.383 e. The van der Waals surface area contributed by atoms with E-state index in [1.165, 1.54) is 17.4 Å². The maximum atomic E-state index is 14.0. The summed E-state index contributed by atoms with van der Waals surface area (Å²) in [4.78, 5) is 4.25. The Morgan fingerprint density at radius 3 is 3.00 bits per heavy atom. The van der Waals surface area contributed by atoms with E-state index in [1.807, 2.05) is 5.38 Å². The first-order chi connectivity index (χ1) is 9.22. The zero-order valence-electron chi connectivity index (χ0n) is 10.4. The molecule has 0 saturated heterocycles. The van der Waals surface area contributed by atoms with Gasteiger partial charge < -0.3 is 10.1 Å². The summed E-state index contributed by atoms with van der Waals surface area (Å²) in [6.07, 6.45) is 1.71. The lowest BCUT2D eigenvalue weighted by atomic mass is 10.1. The average molecular weight is 301 g/mol. The number of hydrogen-bond donors (Lipinski definition) is 1. The Balaban J connectivity index is 2.26. The van der Waals surface area contributed by atoms with Crippen molar-refractivity contribution >= 4 is 22.9 Å². The molecule has 1 atom stereocenters. The molecular formula is C13H14ClFN2OS. The van der Waals surface area contributed by atoms with E-state index >= 15 is 0 Å². The van der Waals surface area contributed by atoms with Gasteiger partial charge in [0, 0.05) is 35.8 Å². The van der Waals surface area contributed by atoms with Gasteiger partial charge in [-0.3, -0.25) is 0 Å². The summed E-state index contributed by atoms with van der Waals surface area (Å²) in [6.45, 7) is 1.17. The lowest BCUT2D eigenvalue weighted by Crippen LogP contribution is -2.26. The van der Waals surface area contributed by atoms with Gasteiger partial charge in [-0.2, -0.15) is 0 Å². The highest BCUT2D eigenvalue weighted by molar-refractivity contribution is 7.09. The molecule has 6 heteroatoms. The van der Waals surface area contributed by atoms with E-state index in [0.717, 1.165) is 5.01 Å². The summed E-state index contributed by atoms with van der Waals surface area (Å²) < 4.78 is 19.0. The quantitative estimate of drug-likeness (QED) is 0.832. The van der Waals surface area contributed by atoms with Gasteiger partial charge in [-0.05, 0) is 12.1 Å². The van der Waals surface area contributed by atoms with Crippen LogP contribution in [0.25, 0.3) is 0 Å². The van der Waals surface area contributed by atoms with Crippen LogP contribution in [0.15, 0.2) is 29.8 Å². The Bertz CT molecular complexity index is 521. The van der Waals surface area contributed by atoms with Crippen LogP contribution < -0.4 is 5.32 Å². The smallest absolute Gasteiger partial charge is 0.129 e. The molecule has 0 aliphatic heterocycles. The highest BCUT2D eigenvalue weighted by Gasteiger charge is 2.19. The minimum atomic E-state index is -0.336. The van der Waals surface area contributed by atoms with Crippen molar-refractivity contribution in [3.05, 3.63) is 51.2 Å². The predicted octanol–water partition coefficient (Wildman–Crippen LogP) is 3.26. The molecule has 0 radical (unpaired) electrons. The van der Waals surface area contributed by atoms with Gasteiger partial charge >= 0.3 is 0 Å². The monoisotopic (exact) mass is 300 g/mol. The summed E-state index contributed by atoms with van der Waals surface area (Å²) >= 11 is 7.26. The lowest BCUT2D eigenvalue weighted by Gasteiger charge is -2.17. The van der Waals surface area contributed by atoms with Crippen LogP contribution in [0.3, 0.4) is 0 Å². The van der Waals surface area contributed by atoms with Crippen molar-refractivity contribution in [1.29, 1.82) is 0 Å². The number of nitrogens with zero attached hydrogens (tertiary/aromatic N) is 1. The molecule has 2 aromatic rings. The number of thiazole rings is 1. The van der Waals surface area contributed by atoms with Gasteiger partial charge in [0.2, 0.25) is 0 Å². The number of halogens is 2. The van der Waals surface area contributed by atoms with Crippen LogP contribution in [0.1, 0.15) is 16.6 Å². The van der Waals surface area contributed by atoms with Crippen LogP contribution >= 0.6 is 22.9 Å². The van der Waals surface area contributed by atoms with Gasteiger partial charge in [0.05, 0.1) is 12.6 Å². The molecule has 0 amide bonds. The van der Waals surface area contributed by atoms with Gasteiger partial charge in [0.1, 0.15) is 10.8 Å². The highest BCUT2D eigenvalue weighted by atomic mass is 35.5. The fourth-order valence-corrected chi connectivity index (χ4v) is 2.64. The van der Waals surface area contributed by atoms with E-state index in [9.17, 15) is 4.39 Å². The molecule has 1 aromatic carbocycles. The summed E-state index contributed by atoms with van der Waals surface area (Å²) in [5, 5.41) is 6.31. The molecule has 19 heavy (non-hydrogen) atoms. The van der Waals surface area contributed by atoms with Crippen molar-refractivity contribution in [2.24, 2.45) is 0 Å². The Hall–Kier alpha value is -1.01. The van der Waals surface area contributed by atoms with Crippen LogP contribution in [0.4, 0.5) is 4.39 Å². The molecule has 1 aromatic heterocycles. The van der Waals surface area contributed by atoms with E-state index < -0.39 is 0 Å². The Labute approximate surface area is 120 Å². The number of hydrogen-bond acceptors (Lipinski definition) is 4. The van der Waals surface area contributed by atoms with Crippen LogP contribution in [-0.4, -0.2) is 25.2 Å². The molecule has 1 unspecified atom stereocenters. The molecule has 102 valence electrons. The second kappa shape index (κ2) is 6.96. The van der Waals surface area contributed by atoms with Crippen molar-refractivity contribution < 1.29 is 9.13 Å². The molecule has 1 N–H and O–H groups in total. The summed E-state index contributed by atoms with van der Waals surface area (Å²) in [7, 11) is 1.63. The fraction of sp³-hybridized carbons (Fsp3) is 0.308.